The lowest BCUT2D eigenvalue weighted by Gasteiger charge is -2.39. The summed E-state index contributed by atoms with van der Waals surface area (Å²) in [5, 5.41) is 11.3. The Balaban J connectivity index is 0.000000673. The predicted molar refractivity (Wildman–Crippen MR) is 140 cm³/mol. The first kappa shape index (κ1) is 26.4. The lowest BCUT2D eigenvalue weighted by atomic mass is 9.78. The first-order chi connectivity index (χ1) is 18.1. The van der Waals surface area contributed by atoms with Crippen LogP contribution in [0.1, 0.15) is 90.3 Å². The van der Waals surface area contributed by atoms with Gasteiger partial charge in [-0.15, -0.1) is 10.2 Å². The number of alkyl halides is 3. The van der Waals surface area contributed by atoms with Crippen molar-refractivity contribution < 1.29 is 18.0 Å². The molecule has 6 nitrogen and oxygen atoms in total. The number of carbonyl (C=O) groups is 1. The van der Waals surface area contributed by atoms with E-state index < -0.39 is 17.6 Å². The summed E-state index contributed by atoms with van der Waals surface area (Å²) in [6.45, 7) is 2.27. The van der Waals surface area contributed by atoms with Crippen LogP contribution in [0.25, 0.3) is 0 Å². The molecule has 2 heterocycles. The molecular weight excluding hydrogens is 491 g/mol. The van der Waals surface area contributed by atoms with Gasteiger partial charge in [0.05, 0.1) is 12.1 Å². The normalized spacial score (nSPS) is 17.8. The Bertz CT molecular complexity index is 1300. The van der Waals surface area contributed by atoms with Crippen molar-refractivity contribution >= 4 is 11.6 Å². The number of carbonyl (C=O) groups excluding carboxylic acids is 1. The Morgan fingerprint density at radius 3 is 2.34 bits per heavy atom. The molecule has 202 valence electrons. The number of halogens is 3. The Hall–Kier alpha value is -3.20. The van der Waals surface area contributed by atoms with Gasteiger partial charge < -0.3 is 14.8 Å². The summed E-state index contributed by atoms with van der Waals surface area (Å²) in [5.41, 5.74) is 1.33. The Morgan fingerprint density at radius 2 is 1.76 bits per heavy atom. The largest absolute Gasteiger partial charge is 0.416 e. The highest BCUT2D eigenvalue weighted by Crippen LogP contribution is 2.40. The quantitative estimate of drug-likeness (QED) is 0.418. The number of nitrogens with one attached hydrogen (secondary N) is 1. The molecule has 0 unspecified atom stereocenters. The fourth-order valence-corrected chi connectivity index (χ4v) is 4.97. The maximum Gasteiger partial charge on any atom is 0.416 e. The van der Waals surface area contributed by atoms with Crippen LogP contribution in [-0.4, -0.2) is 26.2 Å². The second kappa shape index (κ2) is 10.5. The summed E-state index contributed by atoms with van der Waals surface area (Å²) >= 11 is 0. The van der Waals surface area contributed by atoms with Crippen LogP contribution in [0.5, 0.6) is 0 Å². The zero-order valence-electron chi connectivity index (χ0n) is 21.9. The predicted octanol–water partition coefficient (Wildman–Crippen LogP) is 6.18. The van der Waals surface area contributed by atoms with Crippen molar-refractivity contribution in [2.45, 2.75) is 83.1 Å². The van der Waals surface area contributed by atoms with E-state index in [1.54, 1.807) is 29.1 Å². The van der Waals surface area contributed by atoms with E-state index in [9.17, 15) is 18.0 Å². The van der Waals surface area contributed by atoms with Gasteiger partial charge in [0.15, 0.2) is 0 Å². The number of hydrogen-bond acceptors (Lipinski definition) is 4. The summed E-state index contributed by atoms with van der Waals surface area (Å²) in [6, 6.07) is 10.1. The number of rotatable bonds is 6. The molecule has 2 fully saturated rings. The average molecular weight is 526 g/mol. The molecule has 0 radical (unpaired) electrons. The van der Waals surface area contributed by atoms with Crippen molar-refractivity contribution in [3.63, 3.8) is 0 Å². The van der Waals surface area contributed by atoms with Crippen LogP contribution >= 0.6 is 0 Å². The first-order valence-electron chi connectivity index (χ1n) is 13.3. The van der Waals surface area contributed by atoms with Crippen LogP contribution in [0.3, 0.4) is 0 Å². The van der Waals surface area contributed by atoms with Crippen molar-refractivity contribution in [2.75, 3.05) is 4.90 Å². The molecule has 3 aliphatic rings. The van der Waals surface area contributed by atoms with Gasteiger partial charge in [-0.3, -0.25) is 4.79 Å². The highest BCUT2D eigenvalue weighted by Gasteiger charge is 2.41. The second-order valence-electron chi connectivity index (χ2n) is 10.9. The van der Waals surface area contributed by atoms with Crippen LogP contribution in [-0.2, 0) is 32.7 Å². The Kier molecular flexibility index (Phi) is 7.31. The minimum atomic E-state index is -4.54. The molecule has 0 saturated heterocycles. The lowest BCUT2D eigenvalue weighted by molar-refractivity contribution is -0.138. The number of aryl methyl sites for hydroxylation is 1. The minimum Gasteiger partial charge on any atom is -0.320 e. The van der Waals surface area contributed by atoms with E-state index in [1.165, 1.54) is 36.6 Å². The van der Waals surface area contributed by atoms with E-state index in [0.717, 1.165) is 30.7 Å². The number of amides is 1. The molecule has 0 atom stereocenters. The zero-order valence-corrected chi connectivity index (χ0v) is 21.9. The number of fused-ring (bicyclic) bond motifs is 1. The second-order valence-corrected chi connectivity index (χ2v) is 10.9. The molecule has 1 amide bonds. The smallest absolute Gasteiger partial charge is 0.320 e. The molecule has 38 heavy (non-hydrogen) atoms. The zero-order chi connectivity index (χ0) is 26.9. The number of anilines is 1. The van der Waals surface area contributed by atoms with Gasteiger partial charge in [-0.2, -0.15) is 13.2 Å². The van der Waals surface area contributed by atoms with Gasteiger partial charge in [0.1, 0.15) is 12.2 Å². The number of nitrogens with zero attached hydrogens (tertiary/aromatic N) is 4. The number of aromatic nitrogens is 3. The Morgan fingerprint density at radius 1 is 1.03 bits per heavy atom. The highest BCUT2D eigenvalue weighted by atomic mass is 19.4. The van der Waals surface area contributed by atoms with Crippen LogP contribution in [0.4, 0.5) is 18.9 Å². The summed E-state index contributed by atoms with van der Waals surface area (Å²) in [5.74, 6) is 0.345. The van der Waals surface area contributed by atoms with Crippen molar-refractivity contribution in [3.05, 3.63) is 76.4 Å². The summed E-state index contributed by atoms with van der Waals surface area (Å²) in [4.78, 5) is 14.7. The summed E-state index contributed by atoms with van der Waals surface area (Å²) in [7, 11) is 1.84. The molecule has 1 N–H and O–H groups in total. The van der Waals surface area contributed by atoms with E-state index >= 15 is 0 Å². The maximum atomic E-state index is 14.0. The van der Waals surface area contributed by atoms with Gasteiger partial charge >= 0.3 is 6.18 Å². The molecular formula is C29H34F3N5O. The minimum absolute atomic E-state index is 0.0369. The lowest BCUT2D eigenvalue weighted by Crippen LogP contribution is -2.47. The topological polar surface area (TPSA) is 63.1 Å². The van der Waals surface area contributed by atoms with E-state index in [1.807, 2.05) is 19.2 Å². The molecule has 1 aromatic heterocycles. The molecule has 9 heteroatoms. The monoisotopic (exact) mass is 525 g/mol. The standard InChI is InChI=1S/C25H26F3N5O.C4H8/c1-24(7-4-8-24)29-13-17-10-19-20(21(11-17)25(26,27)28)14-33(23(19)34)18-6-3-5-16(9-18)12-22-31-30-15-32(22)2;1-2-4-3-1/h3,5-6,9-11,15,29H,4,7-8,12-14H2,1-2H3;1-4H2. The molecule has 6 rings (SSSR count). The number of benzene rings is 2. The van der Waals surface area contributed by atoms with Crippen LogP contribution in [0.2, 0.25) is 0 Å². The molecule has 3 aromatic rings. The Labute approximate surface area is 221 Å². The molecule has 1 aliphatic heterocycles. The van der Waals surface area contributed by atoms with Crippen LogP contribution in [0.15, 0.2) is 42.7 Å². The fourth-order valence-electron chi connectivity index (χ4n) is 4.97. The third-order valence-electron chi connectivity index (χ3n) is 7.97. The third kappa shape index (κ3) is 5.62. The average Bonchev–Trinajstić information content (AvgIpc) is 3.37. The van der Waals surface area contributed by atoms with E-state index in [4.69, 9.17) is 0 Å². The SMILES string of the molecule is C1CCC1.Cn1cnnc1Cc1cccc(N2Cc3c(cc(CNC4(C)CCC4)cc3C(F)(F)F)C2=O)c1. The third-order valence-corrected chi connectivity index (χ3v) is 7.97. The van der Waals surface area contributed by atoms with Crippen LogP contribution in [0, 0.1) is 0 Å². The van der Waals surface area contributed by atoms with E-state index in [0.29, 0.717) is 24.2 Å². The molecule has 2 aliphatic carbocycles. The van der Waals surface area contributed by atoms with Gasteiger partial charge in [0.25, 0.3) is 5.91 Å². The van der Waals surface area contributed by atoms with Gasteiger partial charge in [0, 0.05) is 36.8 Å². The summed E-state index contributed by atoms with van der Waals surface area (Å²) < 4.78 is 43.7. The fraction of sp³-hybridized carbons (Fsp3) is 0.483. The molecule has 0 bridgehead atoms. The van der Waals surface area contributed by atoms with Crippen molar-refractivity contribution in [3.8, 4) is 0 Å². The van der Waals surface area contributed by atoms with Crippen LogP contribution < -0.4 is 10.2 Å². The maximum absolute atomic E-state index is 14.0. The van der Waals surface area contributed by atoms with Gasteiger partial charge in [0.2, 0.25) is 0 Å². The number of hydrogen-bond donors (Lipinski definition) is 1. The molecule has 2 aromatic carbocycles. The van der Waals surface area contributed by atoms with Gasteiger partial charge in [-0.05, 0) is 67.1 Å². The van der Waals surface area contributed by atoms with Crippen molar-refractivity contribution in [1.82, 2.24) is 20.1 Å². The van der Waals surface area contributed by atoms with E-state index in [2.05, 4.69) is 22.4 Å². The van der Waals surface area contributed by atoms with Crippen molar-refractivity contribution in [2.24, 2.45) is 7.05 Å². The molecule has 2 saturated carbocycles. The summed E-state index contributed by atoms with van der Waals surface area (Å²) in [6.07, 6.45) is 6.69. The first-order valence-corrected chi connectivity index (χ1v) is 13.3. The highest BCUT2D eigenvalue weighted by molar-refractivity contribution is 6.10. The molecule has 0 spiro atoms. The van der Waals surface area contributed by atoms with Gasteiger partial charge in [-0.25, -0.2) is 0 Å². The van der Waals surface area contributed by atoms with Gasteiger partial charge in [-0.1, -0.05) is 37.8 Å². The van der Waals surface area contributed by atoms with Crippen molar-refractivity contribution in [1.29, 1.82) is 0 Å². The van der Waals surface area contributed by atoms with E-state index in [-0.39, 0.29) is 23.2 Å².